The Morgan fingerprint density at radius 1 is 1.04 bits per heavy atom. The van der Waals surface area contributed by atoms with E-state index in [1.807, 2.05) is 6.92 Å². The number of aromatic nitrogens is 1. The fourth-order valence-corrected chi connectivity index (χ4v) is 3.70. The Kier molecular flexibility index (Phi) is 5.61. The van der Waals surface area contributed by atoms with Crippen LogP contribution in [0.2, 0.25) is 0 Å². The van der Waals surface area contributed by atoms with Crippen LogP contribution in [0.5, 0.6) is 5.75 Å². The largest absolute Gasteiger partial charge is 0.425 e. The number of nitrogens with zero attached hydrogens (tertiary/aromatic N) is 1. The predicted molar refractivity (Wildman–Crippen MR) is 112 cm³/mol. The molecule has 1 heterocycles. The molecular weight excluding hydrogens is 346 g/mol. The summed E-state index contributed by atoms with van der Waals surface area (Å²) in [5, 5.41) is 0. The molecule has 0 atom stereocenters. The molecule has 1 aliphatic rings. The summed E-state index contributed by atoms with van der Waals surface area (Å²) >= 11 is 0. The van der Waals surface area contributed by atoms with E-state index in [-0.39, 0.29) is 16.8 Å². The van der Waals surface area contributed by atoms with Gasteiger partial charge in [-0.3, -0.25) is 4.79 Å². The van der Waals surface area contributed by atoms with Gasteiger partial charge < -0.3 is 4.74 Å². The van der Waals surface area contributed by atoms with Crippen molar-refractivity contribution < 1.29 is 9.53 Å². The van der Waals surface area contributed by atoms with Crippen LogP contribution in [0.4, 0.5) is 0 Å². The van der Waals surface area contributed by atoms with Crippen LogP contribution < -0.4 is 4.74 Å². The van der Waals surface area contributed by atoms with Gasteiger partial charge in [0.15, 0.2) is 0 Å². The van der Waals surface area contributed by atoms with Gasteiger partial charge in [0.25, 0.3) is 0 Å². The summed E-state index contributed by atoms with van der Waals surface area (Å²) in [6, 6.07) is 10.1. The Morgan fingerprint density at radius 3 is 2.39 bits per heavy atom. The molecule has 0 fully saturated rings. The van der Waals surface area contributed by atoms with Crippen molar-refractivity contribution in [1.82, 2.24) is 4.98 Å². The number of benzene rings is 1. The molecule has 146 valence electrons. The Bertz CT molecular complexity index is 927. The topological polar surface area (TPSA) is 39.2 Å². The SMILES string of the molecule is CCCC(=O)Oc1ccc(C#Cc2ccc3c(c2)C(C)(C)CCC3(C)C)nc1. The summed E-state index contributed by atoms with van der Waals surface area (Å²) in [5.74, 6) is 6.58. The summed E-state index contributed by atoms with van der Waals surface area (Å²) in [4.78, 5) is 15.8. The molecule has 1 aromatic heterocycles. The van der Waals surface area contributed by atoms with E-state index >= 15 is 0 Å². The lowest BCUT2D eigenvalue weighted by molar-refractivity contribution is -0.134. The number of hydrogen-bond acceptors (Lipinski definition) is 3. The highest BCUT2D eigenvalue weighted by molar-refractivity contribution is 5.72. The number of carbonyl (C=O) groups excluding carboxylic acids is 1. The molecule has 0 aliphatic heterocycles. The molecule has 1 aliphatic carbocycles. The number of ether oxygens (including phenoxy) is 1. The van der Waals surface area contributed by atoms with Gasteiger partial charge in [-0.25, -0.2) is 4.98 Å². The van der Waals surface area contributed by atoms with E-state index in [9.17, 15) is 4.79 Å². The van der Waals surface area contributed by atoms with Crippen molar-refractivity contribution in [2.24, 2.45) is 0 Å². The molecule has 0 bridgehead atoms. The third-order valence-electron chi connectivity index (χ3n) is 5.61. The molecule has 3 heteroatoms. The number of esters is 1. The minimum absolute atomic E-state index is 0.171. The van der Waals surface area contributed by atoms with E-state index in [2.05, 4.69) is 62.7 Å². The normalized spacial score (nSPS) is 16.5. The van der Waals surface area contributed by atoms with E-state index in [0.717, 1.165) is 12.0 Å². The zero-order valence-corrected chi connectivity index (χ0v) is 17.6. The minimum atomic E-state index is -0.234. The van der Waals surface area contributed by atoms with Crippen molar-refractivity contribution in [3.05, 3.63) is 58.9 Å². The number of rotatable bonds is 3. The van der Waals surface area contributed by atoms with Gasteiger partial charge in [-0.15, -0.1) is 0 Å². The fraction of sp³-hybridized carbons (Fsp3) is 0.440. The zero-order chi connectivity index (χ0) is 20.4. The van der Waals surface area contributed by atoms with Crippen LogP contribution >= 0.6 is 0 Å². The quantitative estimate of drug-likeness (QED) is 0.522. The lowest BCUT2D eigenvalue weighted by atomic mass is 9.63. The molecule has 0 saturated carbocycles. The number of carbonyl (C=O) groups is 1. The molecule has 3 nitrogen and oxygen atoms in total. The highest BCUT2D eigenvalue weighted by atomic mass is 16.5. The van der Waals surface area contributed by atoms with Crippen LogP contribution in [-0.2, 0) is 15.6 Å². The van der Waals surface area contributed by atoms with Crippen molar-refractivity contribution in [1.29, 1.82) is 0 Å². The van der Waals surface area contributed by atoms with Gasteiger partial charge in [-0.1, -0.05) is 46.6 Å². The van der Waals surface area contributed by atoms with Gasteiger partial charge in [0.05, 0.1) is 6.20 Å². The first-order valence-corrected chi connectivity index (χ1v) is 10.0. The van der Waals surface area contributed by atoms with Gasteiger partial charge in [0, 0.05) is 12.0 Å². The third-order valence-corrected chi connectivity index (χ3v) is 5.61. The second kappa shape index (κ2) is 7.80. The maximum Gasteiger partial charge on any atom is 0.311 e. The summed E-state index contributed by atoms with van der Waals surface area (Å²) in [6.07, 6.45) is 5.12. The molecule has 0 spiro atoms. The van der Waals surface area contributed by atoms with Crippen LogP contribution in [0, 0.1) is 11.8 Å². The van der Waals surface area contributed by atoms with E-state index in [1.165, 1.54) is 24.0 Å². The molecule has 0 unspecified atom stereocenters. The number of pyridine rings is 1. The van der Waals surface area contributed by atoms with Gasteiger partial charge in [0.1, 0.15) is 11.4 Å². The molecule has 0 N–H and O–H groups in total. The highest BCUT2D eigenvalue weighted by Crippen LogP contribution is 2.45. The van der Waals surface area contributed by atoms with E-state index < -0.39 is 0 Å². The Balaban J connectivity index is 1.80. The first-order valence-electron chi connectivity index (χ1n) is 10.0. The van der Waals surface area contributed by atoms with Gasteiger partial charge in [-0.2, -0.15) is 0 Å². The van der Waals surface area contributed by atoms with Crippen molar-refractivity contribution in [3.63, 3.8) is 0 Å². The Morgan fingerprint density at radius 2 is 1.75 bits per heavy atom. The number of fused-ring (bicyclic) bond motifs is 1. The average Bonchev–Trinajstić information content (AvgIpc) is 2.65. The van der Waals surface area contributed by atoms with Crippen LogP contribution in [0.15, 0.2) is 36.5 Å². The predicted octanol–water partition coefficient (Wildman–Crippen LogP) is 5.54. The highest BCUT2D eigenvalue weighted by Gasteiger charge is 2.36. The molecule has 3 rings (SSSR count). The second-order valence-corrected chi connectivity index (χ2v) is 8.88. The molecule has 0 saturated heterocycles. The van der Waals surface area contributed by atoms with Gasteiger partial charge in [-0.05, 0) is 71.4 Å². The summed E-state index contributed by atoms with van der Waals surface area (Å²) in [5.41, 5.74) is 4.89. The third kappa shape index (κ3) is 4.44. The van der Waals surface area contributed by atoms with Crippen molar-refractivity contribution in [3.8, 4) is 17.6 Å². The van der Waals surface area contributed by atoms with Gasteiger partial charge in [0.2, 0.25) is 0 Å². The molecule has 28 heavy (non-hydrogen) atoms. The minimum Gasteiger partial charge on any atom is -0.425 e. The lowest BCUT2D eigenvalue weighted by Gasteiger charge is -2.41. The van der Waals surface area contributed by atoms with Crippen LogP contribution in [-0.4, -0.2) is 11.0 Å². The van der Waals surface area contributed by atoms with E-state index in [4.69, 9.17) is 4.74 Å². The molecule has 1 aromatic carbocycles. The molecular formula is C25H29NO2. The summed E-state index contributed by atoms with van der Waals surface area (Å²) in [7, 11) is 0. The standard InChI is InChI=1S/C25H29NO2/c1-6-7-23(27)28-20-12-11-19(26-17-20)10-8-18-9-13-21-22(16-18)25(4,5)15-14-24(21,2)3/h9,11-13,16-17H,6-7,14-15H2,1-5H3. The van der Waals surface area contributed by atoms with Crippen LogP contribution in [0.3, 0.4) is 0 Å². The fourth-order valence-electron chi connectivity index (χ4n) is 3.70. The maximum absolute atomic E-state index is 11.5. The molecule has 2 aromatic rings. The van der Waals surface area contributed by atoms with Gasteiger partial charge >= 0.3 is 5.97 Å². The smallest absolute Gasteiger partial charge is 0.311 e. The maximum atomic E-state index is 11.5. The van der Waals surface area contributed by atoms with E-state index in [0.29, 0.717) is 17.9 Å². The van der Waals surface area contributed by atoms with Crippen LogP contribution in [0.1, 0.15) is 82.7 Å². The Labute approximate surface area is 168 Å². The molecule has 0 amide bonds. The average molecular weight is 376 g/mol. The first kappa shape index (κ1) is 20.1. The van der Waals surface area contributed by atoms with Crippen molar-refractivity contribution in [2.75, 3.05) is 0 Å². The van der Waals surface area contributed by atoms with E-state index in [1.54, 1.807) is 18.3 Å². The zero-order valence-electron chi connectivity index (χ0n) is 17.6. The number of hydrogen-bond donors (Lipinski definition) is 0. The van der Waals surface area contributed by atoms with Crippen molar-refractivity contribution in [2.45, 2.75) is 71.1 Å². The first-order chi connectivity index (χ1) is 13.2. The second-order valence-electron chi connectivity index (χ2n) is 8.88. The Hall–Kier alpha value is -2.60. The van der Waals surface area contributed by atoms with Crippen molar-refractivity contribution >= 4 is 5.97 Å². The summed E-state index contributed by atoms with van der Waals surface area (Å²) < 4.78 is 5.23. The lowest BCUT2D eigenvalue weighted by Crippen LogP contribution is -2.33. The molecule has 0 radical (unpaired) electrons. The summed E-state index contributed by atoms with van der Waals surface area (Å²) in [6.45, 7) is 11.2. The monoisotopic (exact) mass is 375 g/mol. The van der Waals surface area contributed by atoms with Crippen LogP contribution in [0.25, 0.3) is 0 Å².